The number of hydrogen-bond acceptors (Lipinski definition) is 4. The number of nitrogens with two attached hydrogens (primary N) is 1. The second-order valence-corrected chi connectivity index (χ2v) is 2.90. The molecule has 0 aliphatic carbocycles. The van der Waals surface area contributed by atoms with E-state index in [0.29, 0.717) is 5.84 Å². The Balaban J connectivity index is 2.52. The highest BCUT2D eigenvalue weighted by atomic mass is 16.1. The number of anilines is 1. The number of benzodiazepines with no additional fused rings is 1. The summed E-state index contributed by atoms with van der Waals surface area (Å²) in [7, 11) is 0. The summed E-state index contributed by atoms with van der Waals surface area (Å²) in [5.74, 6) is 5.70. The summed E-state index contributed by atoms with van der Waals surface area (Å²) >= 11 is 0. The number of hydrazine groups is 1. The summed E-state index contributed by atoms with van der Waals surface area (Å²) in [6.07, 6.45) is 0. The number of aliphatic imine (C=N–C) groups is 1. The van der Waals surface area contributed by atoms with Crippen molar-refractivity contribution in [2.24, 2.45) is 10.8 Å². The van der Waals surface area contributed by atoms with Gasteiger partial charge in [0.2, 0.25) is 5.91 Å². The van der Waals surface area contributed by atoms with Crippen molar-refractivity contribution in [1.29, 1.82) is 0 Å². The van der Waals surface area contributed by atoms with E-state index < -0.39 is 0 Å². The van der Waals surface area contributed by atoms with Crippen LogP contribution in [0, 0.1) is 0 Å². The molecule has 5 nitrogen and oxygen atoms in total. The molecule has 0 spiro atoms. The molecule has 0 bridgehead atoms. The topological polar surface area (TPSA) is 79.5 Å². The van der Waals surface area contributed by atoms with Gasteiger partial charge in [-0.3, -0.25) is 9.79 Å². The van der Waals surface area contributed by atoms with E-state index in [1.807, 2.05) is 24.3 Å². The molecule has 1 aromatic rings. The molecule has 0 atom stereocenters. The van der Waals surface area contributed by atoms with Gasteiger partial charge in [-0.2, -0.15) is 0 Å². The Morgan fingerprint density at radius 3 is 3.00 bits per heavy atom. The lowest BCUT2D eigenvalue weighted by Crippen LogP contribution is -2.31. The van der Waals surface area contributed by atoms with Gasteiger partial charge in [0.25, 0.3) is 0 Å². The molecule has 72 valence electrons. The van der Waals surface area contributed by atoms with E-state index >= 15 is 0 Å². The maximum absolute atomic E-state index is 11.2. The maximum atomic E-state index is 11.2. The minimum Gasteiger partial charge on any atom is -0.324 e. The Morgan fingerprint density at radius 1 is 1.43 bits per heavy atom. The highest BCUT2D eigenvalue weighted by Gasteiger charge is 2.14. The molecule has 0 radical (unpaired) electrons. The maximum Gasteiger partial charge on any atom is 0.246 e. The average Bonchev–Trinajstić information content (AvgIpc) is 2.36. The van der Waals surface area contributed by atoms with Crippen LogP contribution in [0.15, 0.2) is 29.3 Å². The highest BCUT2D eigenvalue weighted by molar-refractivity contribution is 6.09. The van der Waals surface area contributed by atoms with Crippen LogP contribution in [0.4, 0.5) is 5.69 Å². The summed E-state index contributed by atoms with van der Waals surface area (Å²) in [6, 6.07) is 7.37. The molecule has 2 rings (SSSR count). The Hall–Kier alpha value is -1.88. The third-order valence-electron chi connectivity index (χ3n) is 1.97. The molecule has 0 aromatic heterocycles. The number of hydrogen-bond donors (Lipinski definition) is 3. The average molecular weight is 190 g/mol. The highest BCUT2D eigenvalue weighted by Crippen LogP contribution is 2.16. The SMILES string of the molecule is NNC1=NCC(=O)Nc2ccccc21. The molecule has 1 amide bonds. The molecular weight excluding hydrogens is 180 g/mol. The number of fused-ring (bicyclic) bond motifs is 1. The van der Waals surface area contributed by atoms with Gasteiger partial charge in [-0.25, -0.2) is 5.84 Å². The van der Waals surface area contributed by atoms with Gasteiger partial charge in [0, 0.05) is 5.56 Å². The lowest BCUT2D eigenvalue weighted by Gasteiger charge is -2.07. The van der Waals surface area contributed by atoms with Crippen LogP contribution in [-0.4, -0.2) is 18.3 Å². The lowest BCUT2D eigenvalue weighted by atomic mass is 10.1. The van der Waals surface area contributed by atoms with Crippen molar-refractivity contribution < 1.29 is 4.79 Å². The summed E-state index contributed by atoms with van der Waals surface area (Å²) < 4.78 is 0. The van der Waals surface area contributed by atoms with E-state index in [4.69, 9.17) is 5.84 Å². The fourth-order valence-corrected chi connectivity index (χ4v) is 1.35. The Kier molecular flexibility index (Phi) is 2.16. The van der Waals surface area contributed by atoms with Crippen molar-refractivity contribution in [3.05, 3.63) is 29.8 Å². The molecule has 4 N–H and O–H groups in total. The number of rotatable bonds is 0. The first-order valence-electron chi connectivity index (χ1n) is 4.21. The smallest absolute Gasteiger partial charge is 0.246 e. The van der Waals surface area contributed by atoms with Crippen molar-refractivity contribution in [2.75, 3.05) is 11.9 Å². The van der Waals surface area contributed by atoms with E-state index in [0.717, 1.165) is 11.3 Å². The van der Waals surface area contributed by atoms with E-state index in [1.54, 1.807) is 0 Å². The summed E-state index contributed by atoms with van der Waals surface area (Å²) in [4.78, 5) is 15.3. The molecule has 1 heterocycles. The van der Waals surface area contributed by atoms with Gasteiger partial charge < -0.3 is 10.7 Å². The predicted octanol–water partition coefficient (Wildman–Crippen LogP) is -0.151. The number of carbonyl (C=O) groups is 1. The van der Waals surface area contributed by atoms with E-state index in [-0.39, 0.29) is 12.5 Å². The number of nitrogens with zero attached hydrogens (tertiary/aromatic N) is 1. The minimum absolute atomic E-state index is 0.0915. The van der Waals surface area contributed by atoms with Crippen LogP contribution in [-0.2, 0) is 4.79 Å². The Morgan fingerprint density at radius 2 is 2.21 bits per heavy atom. The van der Waals surface area contributed by atoms with Crippen molar-refractivity contribution in [3.8, 4) is 0 Å². The van der Waals surface area contributed by atoms with Crippen LogP contribution in [0.5, 0.6) is 0 Å². The van der Waals surface area contributed by atoms with Gasteiger partial charge in [-0.15, -0.1) is 0 Å². The first-order chi connectivity index (χ1) is 6.81. The van der Waals surface area contributed by atoms with Crippen LogP contribution >= 0.6 is 0 Å². The molecule has 0 fully saturated rings. The quantitative estimate of drug-likeness (QED) is 0.393. The third kappa shape index (κ3) is 1.45. The van der Waals surface area contributed by atoms with Crippen LogP contribution in [0.2, 0.25) is 0 Å². The van der Waals surface area contributed by atoms with E-state index in [9.17, 15) is 4.79 Å². The van der Waals surface area contributed by atoms with Gasteiger partial charge in [0.15, 0.2) is 0 Å². The second-order valence-electron chi connectivity index (χ2n) is 2.90. The Labute approximate surface area is 81.0 Å². The van der Waals surface area contributed by atoms with Crippen molar-refractivity contribution in [3.63, 3.8) is 0 Å². The van der Waals surface area contributed by atoms with Crippen LogP contribution in [0.1, 0.15) is 5.56 Å². The first kappa shape index (κ1) is 8.71. The van der Waals surface area contributed by atoms with Gasteiger partial charge in [-0.05, 0) is 12.1 Å². The normalized spacial score (nSPS) is 14.9. The minimum atomic E-state index is -0.136. The molecule has 1 aromatic carbocycles. The summed E-state index contributed by atoms with van der Waals surface area (Å²) in [6.45, 7) is 0.0915. The van der Waals surface area contributed by atoms with Crippen molar-refractivity contribution in [1.82, 2.24) is 5.43 Å². The predicted molar refractivity (Wildman–Crippen MR) is 53.8 cm³/mol. The number of amidine groups is 1. The molecular formula is C9H10N4O. The molecule has 0 saturated carbocycles. The van der Waals surface area contributed by atoms with Gasteiger partial charge in [0.1, 0.15) is 12.4 Å². The summed E-state index contributed by atoms with van der Waals surface area (Å²) in [5.41, 5.74) is 4.01. The number of nitrogens with one attached hydrogen (secondary N) is 2. The van der Waals surface area contributed by atoms with Crippen molar-refractivity contribution >= 4 is 17.4 Å². The lowest BCUT2D eigenvalue weighted by molar-refractivity contribution is -0.114. The zero-order valence-corrected chi connectivity index (χ0v) is 7.45. The number of para-hydroxylation sites is 1. The zero-order valence-electron chi connectivity index (χ0n) is 7.45. The molecule has 5 heteroatoms. The van der Waals surface area contributed by atoms with Crippen LogP contribution in [0.25, 0.3) is 0 Å². The standard InChI is InChI=1S/C9H10N4O/c10-13-9-6-3-1-2-4-7(6)12-8(14)5-11-9/h1-4H,5,10H2,(H,11,13)(H,12,14). The monoisotopic (exact) mass is 190 g/mol. The fraction of sp³-hybridized carbons (Fsp3) is 0.111. The van der Waals surface area contributed by atoms with Gasteiger partial charge >= 0.3 is 0 Å². The van der Waals surface area contributed by atoms with Crippen LogP contribution < -0.4 is 16.6 Å². The number of amides is 1. The van der Waals surface area contributed by atoms with Crippen molar-refractivity contribution in [2.45, 2.75) is 0 Å². The summed E-state index contributed by atoms with van der Waals surface area (Å²) in [5, 5.41) is 2.74. The van der Waals surface area contributed by atoms with E-state index in [1.165, 1.54) is 0 Å². The Bertz CT molecular complexity index is 400. The van der Waals surface area contributed by atoms with Gasteiger partial charge in [-0.1, -0.05) is 12.1 Å². The number of carbonyl (C=O) groups excluding carboxylic acids is 1. The second kappa shape index (κ2) is 3.47. The van der Waals surface area contributed by atoms with Crippen LogP contribution in [0.3, 0.4) is 0 Å². The first-order valence-corrected chi connectivity index (χ1v) is 4.21. The fourth-order valence-electron chi connectivity index (χ4n) is 1.35. The molecule has 1 aliphatic rings. The number of benzene rings is 1. The molecule has 0 saturated heterocycles. The molecule has 0 unspecified atom stereocenters. The van der Waals surface area contributed by atoms with Gasteiger partial charge in [0.05, 0.1) is 5.69 Å². The largest absolute Gasteiger partial charge is 0.324 e. The molecule has 14 heavy (non-hydrogen) atoms. The third-order valence-corrected chi connectivity index (χ3v) is 1.97. The molecule has 1 aliphatic heterocycles. The zero-order chi connectivity index (χ0) is 9.97. The van der Waals surface area contributed by atoms with E-state index in [2.05, 4.69) is 15.7 Å².